The van der Waals surface area contributed by atoms with Crippen molar-refractivity contribution in [3.63, 3.8) is 0 Å². The van der Waals surface area contributed by atoms with Gasteiger partial charge in [0.15, 0.2) is 0 Å². The van der Waals surface area contributed by atoms with Crippen LogP contribution < -0.4 is 5.32 Å². The summed E-state index contributed by atoms with van der Waals surface area (Å²) in [5.41, 5.74) is 2.52. The van der Waals surface area contributed by atoms with Gasteiger partial charge >= 0.3 is 6.03 Å². The third-order valence-electron chi connectivity index (χ3n) is 4.83. The van der Waals surface area contributed by atoms with Crippen LogP contribution in [0.1, 0.15) is 32.4 Å². The molecule has 0 spiro atoms. The van der Waals surface area contributed by atoms with Crippen LogP contribution >= 0.6 is 0 Å². The molecule has 2 aromatic rings. The lowest BCUT2D eigenvalue weighted by Gasteiger charge is -2.35. The molecule has 2 amide bonds. The number of amides is 2. The Morgan fingerprint density at radius 3 is 2.64 bits per heavy atom. The predicted octanol–water partition coefficient (Wildman–Crippen LogP) is 2.64. The molecule has 25 heavy (non-hydrogen) atoms. The zero-order valence-corrected chi connectivity index (χ0v) is 15.3. The fourth-order valence-corrected chi connectivity index (χ4v) is 3.23. The van der Waals surface area contributed by atoms with Gasteiger partial charge in [0.1, 0.15) is 0 Å². The van der Waals surface area contributed by atoms with Crippen LogP contribution in [0.2, 0.25) is 0 Å². The quantitative estimate of drug-likeness (QED) is 0.929. The van der Waals surface area contributed by atoms with Crippen molar-refractivity contribution in [1.29, 1.82) is 0 Å². The summed E-state index contributed by atoms with van der Waals surface area (Å²) >= 11 is 0. The first-order valence-corrected chi connectivity index (χ1v) is 8.99. The maximum Gasteiger partial charge on any atom is 0.317 e. The Labute approximate surface area is 149 Å². The number of hydrogen-bond donors (Lipinski definition) is 1. The highest BCUT2D eigenvalue weighted by molar-refractivity contribution is 5.75. The number of carbonyl (C=O) groups excluding carboxylic acids is 1. The van der Waals surface area contributed by atoms with Crippen molar-refractivity contribution >= 4 is 17.1 Å². The Hall–Kier alpha value is -2.21. The molecule has 1 N–H and O–H groups in total. The van der Waals surface area contributed by atoms with Crippen LogP contribution in [0.25, 0.3) is 11.0 Å². The molecule has 6 nitrogen and oxygen atoms in total. The van der Waals surface area contributed by atoms with Gasteiger partial charge in [-0.25, -0.2) is 9.78 Å². The predicted molar refractivity (Wildman–Crippen MR) is 99.3 cm³/mol. The third-order valence-corrected chi connectivity index (χ3v) is 4.83. The van der Waals surface area contributed by atoms with Gasteiger partial charge in [-0.1, -0.05) is 12.1 Å². The lowest BCUT2D eigenvalue weighted by Crippen LogP contribution is -2.49. The van der Waals surface area contributed by atoms with Gasteiger partial charge in [-0.05, 0) is 38.8 Å². The van der Waals surface area contributed by atoms with Gasteiger partial charge in [0, 0.05) is 32.2 Å². The third kappa shape index (κ3) is 4.45. The van der Waals surface area contributed by atoms with Crippen LogP contribution in [-0.4, -0.2) is 58.0 Å². The van der Waals surface area contributed by atoms with Crippen LogP contribution in [0.15, 0.2) is 30.5 Å². The van der Waals surface area contributed by atoms with Gasteiger partial charge < -0.3 is 15.1 Å². The smallest absolute Gasteiger partial charge is 0.317 e. The number of aromatic nitrogens is 2. The topological polar surface area (TPSA) is 61.4 Å². The Bertz CT molecular complexity index is 725. The van der Waals surface area contributed by atoms with Crippen LogP contribution in [-0.2, 0) is 6.54 Å². The zero-order valence-electron chi connectivity index (χ0n) is 15.3. The molecule has 1 aromatic heterocycles. The Morgan fingerprint density at radius 2 is 1.96 bits per heavy atom. The fraction of sp³-hybridized carbons (Fsp3) is 0.526. The number of nitrogens with zero attached hydrogens (tertiary/aromatic N) is 4. The van der Waals surface area contributed by atoms with E-state index in [2.05, 4.69) is 34.0 Å². The first kappa shape index (κ1) is 17.6. The second kappa shape index (κ2) is 7.78. The maximum atomic E-state index is 12.4. The summed E-state index contributed by atoms with van der Waals surface area (Å²) in [6.07, 6.45) is 3.76. The van der Waals surface area contributed by atoms with Gasteiger partial charge in [-0.3, -0.25) is 4.98 Å². The van der Waals surface area contributed by atoms with Gasteiger partial charge in [-0.2, -0.15) is 0 Å². The zero-order chi connectivity index (χ0) is 17.8. The van der Waals surface area contributed by atoms with Crippen molar-refractivity contribution in [2.45, 2.75) is 45.3 Å². The highest BCUT2D eigenvalue weighted by Crippen LogP contribution is 2.14. The number of hydrogen-bond acceptors (Lipinski definition) is 4. The van der Waals surface area contributed by atoms with Crippen LogP contribution in [0.5, 0.6) is 0 Å². The first-order valence-electron chi connectivity index (χ1n) is 8.99. The number of likely N-dealkylation sites (tertiary alicyclic amines) is 1. The molecule has 1 saturated heterocycles. The molecule has 1 fully saturated rings. The standard InChI is InChI=1S/C19H27N5O/c1-14(2)24-10-8-15(9-11-24)22-19(25)23(3)13-16-12-20-17-6-4-5-7-18(17)21-16/h4-7,12,14-15H,8-11,13H2,1-3H3,(H,22,25). The van der Waals surface area contributed by atoms with E-state index in [1.807, 2.05) is 24.3 Å². The fourth-order valence-electron chi connectivity index (χ4n) is 3.23. The number of fused-ring (bicyclic) bond motifs is 1. The summed E-state index contributed by atoms with van der Waals surface area (Å²) in [6.45, 7) is 6.98. The van der Waals surface area contributed by atoms with Crippen molar-refractivity contribution in [2.24, 2.45) is 0 Å². The molecule has 0 radical (unpaired) electrons. The minimum atomic E-state index is -0.0436. The normalized spacial score (nSPS) is 16.3. The van der Waals surface area contributed by atoms with Crippen LogP contribution in [0.3, 0.4) is 0 Å². The molecule has 134 valence electrons. The highest BCUT2D eigenvalue weighted by Gasteiger charge is 2.23. The lowest BCUT2D eigenvalue weighted by molar-refractivity contribution is 0.154. The van der Waals surface area contributed by atoms with E-state index in [9.17, 15) is 4.79 Å². The second-order valence-corrected chi connectivity index (χ2v) is 7.06. The SMILES string of the molecule is CC(C)N1CCC(NC(=O)N(C)Cc2cnc3ccccc3n2)CC1. The van der Waals surface area contributed by atoms with Crippen molar-refractivity contribution in [3.8, 4) is 0 Å². The van der Waals surface area contributed by atoms with Gasteiger partial charge in [0.2, 0.25) is 0 Å². The van der Waals surface area contributed by atoms with E-state index in [1.54, 1.807) is 18.1 Å². The number of benzene rings is 1. The van der Waals surface area contributed by atoms with Crippen molar-refractivity contribution < 1.29 is 4.79 Å². The molecular weight excluding hydrogens is 314 g/mol. The Balaban J connectivity index is 1.53. The number of para-hydroxylation sites is 2. The van der Waals surface area contributed by atoms with Gasteiger partial charge in [0.05, 0.1) is 29.5 Å². The number of nitrogens with one attached hydrogen (secondary N) is 1. The van der Waals surface area contributed by atoms with E-state index < -0.39 is 0 Å². The molecule has 0 saturated carbocycles. The Morgan fingerprint density at radius 1 is 1.28 bits per heavy atom. The minimum absolute atomic E-state index is 0.0436. The molecule has 1 aromatic carbocycles. The highest BCUT2D eigenvalue weighted by atomic mass is 16.2. The summed E-state index contributed by atoms with van der Waals surface area (Å²) in [4.78, 5) is 25.6. The van der Waals surface area contributed by atoms with Gasteiger partial charge in [-0.15, -0.1) is 0 Å². The van der Waals surface area contributed by atoms with E-state index in [4.69, 9.17) is 0 Å². The number of piperidine rings is 1. The number of carbonyl (C=O) groups is 1. The molecule has 0 unspecified atom stereocenters. The first-order chi connectivity index (χ1) is 12.0. The van der Waals surface area contributed by atoms with E-state index in [0.29, 0.717) is 12.6 Å². The summed E-state index contributed by atoms with van der Waals surface area (Å²) in [5.74, 6) is 0. The van der Waals surface area contributed by atoms with E-state index in [0.717, 1.165) is 42.7 Å². The molecule has 1 aliphatic heterocycles. The van der Waals surface area contributed by atoms with Crippen molar-refractivity contribution in [3.05, 3.63) is 36.2 Å². The average molecular weight is 341 g/mol. The van der Waals surface area contributed by atoms with Crippen LogP contribution in [0, 0.1) is 0 Å². The molecule has 3 rings (SSSR count). The summed E-state index contributed by atoms with van der Waals surface area (Å²) < 4.78 is 0. The lowest BCUT2D eigenvalue weighted by atomic mass is 10.0. The summed E-state index contributed by atoms with van der Waals surface area (Å²) in [6, 6.07) is 8.55. The summed E-state index contributed by atoms with van der Waals surface area (Å²) in [5, 5.41) is 3.15. The average Bonchev–Trinajstić information content (AvgIpc) is 2.62. The summed E-state index contributed by atoms with van der Waals surface area (Å²) in [7, 11) is 1.80. The molecule has 6 heteroatoms. The molecule has 2 heterocycles. The molecule has 0 atom stereocenters. The maximum absolute atomic E-state index is 12.4. The van der Waals surface area contributed by atoms with Gasteiger partial charge in [0.25, 0.3) is 0 Å². The largest absolute Gasteiger partial charge is 0.335 e. The molecular formula is C19H27N5O. The Kier molecular flexibility index (Phi) is 5.48. The number of urea groups is 1. The van der Waals surface area contributed by atoms with E-state index in [-0.39, 0.29) is 12.1 Å². The van der Waals surface area contributed by atoms with E-state index in [1.165, 1.54) is 0 Å². The minimum Gasteiger partial charge on any atom is -0.335 e. The molecule has 0 bridgehead atoms. The van der Waals surface area contributed by atoms with Crippen molar-refractivity contribution in [1.82, 2.24) is 25.1 Å². The molecule has 0 aliphatic carbocycles. The second-order valence-electron chi connectivity index (χ2n) is 7.06. The van der Waals surface area contributed by atoms with Crippen molar-refractivity contribution in [2.75, 3.05) is 20.1 Å². The number of rotatable bonds is 4. The van der Waals surface area contributed by atoms with Crippen LogP contribution in [0.4, 0.5) is 4.79 Å². The molecule has 1 aliphatic rings. The van der Waals surface area contributed by atoms with E-state index >= 15 is 0 Å². The monoisotopic (exact) mass is 341 g/mol.